The molecule has 1 fully saturated rings. The molecule has 24 heavy (non-hydrogen) atoms. The van der Waals surface area contributed by atoms with Crippen LogP contribution < -0.4 is 10.6 Å². The van der Waals surface area contributed by atoms with E-state index in [1.807, 2.05) is 19.1 Å². The highest BCUT2D eigenvalue weighted by Crippen LogP contribution is 2.12. The molecule has 1 aromatic carbocycles. The van der Waals surface area contributed by atoms with Crippen LogP contribution in [0, 0.1) is 6.92 Å². The smallest absolute Gasteiger partial charge is 0.324 e. The molecule has 128 valence electrons. The molecule has 0 bridgehead atoms. The number of benzene rings is 1. The second-order valence-electron chi connectivity index (χ2n) is 5.33. The van der Waals surface area contributed by atoms with Crippen LogP contribution >= 0.6 is 0 Å². The van der Waals surface area contributed by atoms with Crippen molar-refractivity contribution in [2.24, 2.45) is 0 Å². The van der Waals surface area contributed by atoms with Crippen molar-refractivity contribution in [1.82, 2.24) is 10.2 Å². The molecule has 0 unspecified atom stereocenters. The predicted molar refractivity (Wildman–Crippen MR) is 85.1 cm³/mol. The van der Waals surface area contributed by atoms with Gasteiger partial charge in [-0.1, -0.05) is 18.2 Å². The summed E-state index contributed by atoms with van der Waals surface area (Å²) in [6.45, 7) is 1.62. The van der Waals surface area contributed by atoms with Gasteiger partial charge in [0.1, 0.15) is 0 Å². The summed E-state index contributed by atoms with van der Waals surface area (Å²) < 4.78 is 4.88. The molecule has 8 nitrogen and oxygen atoms in total. The van der Waals surface area contributed by atoms with E-state index in [1.165, 1.54) is 0 Å². The van der Waals surface area contributed by atoms with Crippen molar-refractivity contribution >= 4 is 29.5 Å². The molecule has 2 N–H and O–H groups in total. The first-order valence-corrected chi connectivity index (χ1v) is 7.56. The summed E-state index contributed by atoms with van der Waals surface area (Å²) in [5, 5.41) is 5.05. The summed E-state index contributed by atoms with van der Waals surface area (Å²) in [6.07, 6.45) is 0.312. The molecule has 0 spiro atoms. The fraction of sp³-hybridized carbons (Fsp3) is 0.375. The summed E-state index contributed by atoms with van der Waals surface area (Å²) >= 11 is 0. The van der Waals surface area contributed by atoms with Crippen LogP contribution in [0.3, 0.4) is 0 Å². The molecule has 0 aromatic heterocycles. The molecule has 8 heteroatoms. The molecule has 1 aliphatic rings. The van der Waals surface area contributed by atoms with Gasteiger partial charge in [0, 0.05) is 18.7 Å². The van der Waals surface area contributed by atoms with E-state index in [0.29, 0.717) is 5.69 Å². The maximum absolute atomic E-state index is 11.7. The minimum Gasteiger partial charge on any atom is -0.456 e. The molecule has 0 aliphatic carbocycles. The Hall–Kier alpha value is -2.90. The van der Waals surface area contributed by atoms with E-state index in [9.17, 15) is 19.2 Å². The zero-order valence-electron chi connectivity index (χ0n) is 13.3. The van der Waals surface area contributed by atoms with Gasteiger partial charge in [0.05, 0.1) is 6.54 Å². The van der Waals surface area contributed by atoms with Crippen LogP contribution in [0.2, 0.25) is 0 Å². The monoisotopic (exact) mass is 333 g/mol. The van der Waals surface area contributed by atoms with Crippen LogP contribution in [0.4, 0.5) is 10.5 Å². The average molecular weight is 333 g/mol. The molecular formula is C16H19N3O5. The third-order valence-electron chi connectivity index (χ3n) is 3.48. The summed E-state index contributed by atoms with van der Waals surface area (Å²) in [6, 6.07) is 6.82. The first kappa shape index (κ1) is 17.5. The standard InChI is InChI=1S/C16H19N3O5/c1-11-5-2-3-6-12(11)18-13(20)10-24-15(22)7-4-8-19-14(21)9-17-16(19)23/h2-3,5-6H,4,7-10H2,1H3,(H,17,23)(H,18,20). The molecule has 2 rings (SSSR count). The number of hydrogen-bond donors (Lipinski definition) is 2. The molecule has 1 aromatic rings. The first-order valence-electron chi connectivity index (χ1n) is 7.56. The van der Waals surface area contributed by atoms with Crippen molar-refractivity contribution in [1.29, 1.82) is 0 Å². The normalized spacial score (nSPS) is 13.6. The summed E-state index contributed by atoms with van der Waals surface area (Å²) in [4.78, 5) is 47.0. The van der Waals surface area contributed by atoms with Gasteiger partial charge in [-0.05, 0) is 25.0 Å². The Balaban J connectivity index is 1.66. The van der Waals surface area contributed by atoms with Gasteiger partial charge in [0.15, 0.2) is 6.61 Å². The number of rotatable bonds is 7. The predicted octanol–water partition coefficient (Wildman–Crippen LogP) is 0.809. The van der Waals surface area contributed by atoms with Crippen LogP contribution in [0.1, 0.15) is 18.4 Å². The number of ether oxygens (including phenoxy) is 1. The fourth-order valence-electron chi connectivity index (χ4n) is 2.18. The van der Waals surface area contributed by atoms with E-state index in [2.05, 4.69) is 10.6 Å². The molecule has 1 saturated heterocycles. The zero-order valence-corrected chi connectivity index (χ0v) is 13.3. The van der Waals surface area contributed by atoms with Gasteiger partial charge in [0.2, 0.25) is 5.91 Å². The van der Waals surface area contributed by atoms with Crippen LogP contribution in [-0.4, -0.2) is 48.4 Å². The van der Waals surface area contributed by atoms with E-state index in [-0.39, 0.29) is 38.4 Å². The first-order chi connectivity index (χ1) is 11.5. The number of nitrogens with zero attached hydrogens (tertiary/aromatic N) is 1. The molecule has 0 radical (unpaired) electrons. The lowest BCUT2D eigenvalue weighted by atomic mass is 10.2. The molecule has 0 atom stereocenters. The van der Waals surface area contributed by atoms with Crippen molar-refractivity contribution in [2.75, 3.05) is 25.0 Å². The number of carbonyl (C=O) groups is 4. The molecule has 4 amide bonds. The van der Waals surface area contributed by atoms with E-state index in [0.717, 1.165) is 10.5 Å². The van der Waals surface area contributed by atoms with Crippen molar-refractivity contribution in [3.63, 3.8) is 0 Å². The van der Waals surface area contributed by atoms with Crippen LogP contribution in [-0.2, 0) is 19.1 Å². The average Bonchev–Trinajstić information content (AvgIpc) is 2.87. The highest BCUT2D eigenvalue weighted by molar-refractivity contribution is 6.01. The number of anilines is 1. The lowest BCUT2D eigenvalue weighted by molar-refractivity contribution is -0.147. The fourth-order valence-corrected chi connectivity index (χ4v) is 2.18. The van der Waals surface area contributed by atoms with Crippen LogP contribution in [0.25, 0.3) is 0 Å². The summed E-state index contributed by atoms with van der Waals surface area (Å²) in [5.74, 6) is -1.29. The van der Waals surface area contributed by atoms with E-state index >= 15 is 0 Å². The van der Waals surface area contributed by atoms with Crippen molar-refractivity contribution < 1.29 is 23.9 Å². The van der Waals surface area contributed by atoms with Gasteiger partial charge in [-0.25, -0.2) is 4.79 Å². The van der Waals surface area contributed by atoms with E-state index in [1.54, 1.807) is 12.1 Å². The van der Waals surface area contributed by atoms with Crippen molar-refractivity contribution in [3.05, 3.63) is 29.8 Å². The zero-order chi connectivity index (χ0) is 17.5. The number of para-hydroxylation sites is 1. The van der Waals surface area contributed by atoms with Crippen molar-refractivity contribution in [3.8, 4) is 0 Å². The number of carbonyl (C=O) groups excluding carboxylic acids is 4. The topological polar surface area (TPSA) is 105 Å². The Morgan fingerprint density at radius 1 is 1.29 bits per heavy atom. The number of esters is 1. The van der Waals surface area contributed by atoms with Crippen molar-refractivity contribution in [2.45, 2.75) is 19.8 Å². The Labute approximate surface area is 139 Å². The molecule has 1 heterocycles. The number of hydrogen-bond acceptors (Lipinski definition) is 5. The number of amides is 4. The van der Waals surface area contributed by atoms with Crippen LogP contribution in [0.15, 0.2) is 24.3 Å². The minimum absolute atomic E-state index is 0.0116. The van der Waals surface area contributed by atoms with E-state index in [4.69, 9.17) is 4.74 Å². The number of nitrogens with one attached hydrogen (secondary N) is 2. The van der Waals surface area contributed by atoms with Gasteiger partial charge in [-0.15, -0.1) is 0 Å². The van der Waals surface area contributed by atoms with Gasteiger partial charge in [0.25, 0.3) is 5.91 Å². The molecular weight excluding hydrogens is 314 g/mol. The third kappa shape index (κ3) is 4.80. The Morgan fingerprint density at radius 3 is 2.71 bits per heavy atom. The quantitative estimate of drug-likeness (QED) is 0.567. The highest BCUT2D eigenvalue weighted by atomic mass is 16.5. The lowest BCUT2D eigenvalue weighted by Gasteiger charge is -2.11. The van der Waals surface area contributed by atoms with E-state index < -0.39 is 17.9 Å². The van der Waals surface area contributed by atoms with Crippen LogP contribution in [0.5, 0.6) is 0 Å². The largest absolute Gasteiger partial charge is 0.456 e. The van der Waals surface area contributed by atoms with Gasteiger partial charge >= 0.3 is 12.0 Å². The number of imide groups is 1. The Bertz CT molecular complexity index is 643. The lowest BCUT2D eigenvalue weighted by Crippen LogP contribution is -2.32. The number of aryl methyl sites for hydroxylation is 1. The molecule has 0 saturated carbocycles. The maximum atomic E-state index is 11.7. The summed E-state index contributed by atoms with van der Waals surface area (Å²) in [5.41, 5.74) is 1.57. The third-order valence-corrected chi connectivity index (χ3v) is 3.48. The highest BCUT2D eigenvalue weighted by Gasteiger charge is 2.27. The van der Waals surface area contributed by atoms with Gasteiger partial charge in [-0.3, -0.25) is 19.3 Å². The van der Waals surface area contributed by atoms with Gasteiger partial charge < -0.3 is 15.4 Å². The van der Waals surface area contributed by atoms with Gasteiger partial charge in [-0.2, -0.15) is 0 Å². The second kappa shape index (κ2) is 8.09. The summed E-state index contributed by atoms with van der Waals surface area (Å²) in [7, 11) is 0. The Kier molecular flexibility index (Phi) is 5.89. The second-order valence-corrected chi connectivity index (χ2v) is 5.33. The minimum atomic E-state index is -0.554. The molecule has 1 aliphatic heterocycles. The number of urea groups is 1. The SMILES string of the molecule is Cc1ccccc1NC(=O)COC(=O)CCCN1C(=O)CNC1=O. The Morgan fingerprint density at radius 2 is 2.04 bits per heavy atom. The maximum Gasteiger partial charge on any atom is 0.324 e.